The highest BCUT2D eigenvalue weighted by Crippen LogP contribution is 2.53. The molecule has 58 heavy (non-hydrogen) atoms. The van der Waals surface area contributed by atoms with E-state index < -0.39 is 0 Å². The van der Waals surface area contributed by atoms with Crippen molar-refractivity contribution in [1.82, 2.24) is 0 Å². The molecule has 5 aromatic carbocycles. The molecule has 4 aliphatic heterocycles. The maximum Gasteiger partial charge on any atom is 0.256 e. The molecule has 0 atom stereocenters. The van der Waals surface area contributed by atoms with E-state index in [0.29, 0.717) is 32.3 Å². The van der Waals surface area contributed by atoms with Crippen LogP contribution in [-0.4, -0.2) is 33.1 Å². The highest BCUT2D eigenvalue weighted by atomic mass is 32.1. The lowest BCUT2D eigenvalue weighted by molar-refractivity contribution is 0.171. The van der Waals surface area contributed by atoms with Crippen molar-refractivity contribution in [2.24, 2.45) is 0 Å². The van der Waals surface area contributed by atoms with Gasteiger partial charge in [-0.05, 0) is 109 Å². The van der Waals surface area contributed by atoms with Crippen molar-refractivity contribution >= 4 is 98.7 Å². The predicted octanol–water partition coefficient (Wildman–Crippen LogP) is 11.5. The van der Waals surface area contributed by atoms with Gasteiger partial charge in [-0.25, -0.2) is 0 Å². The number of ether oxygens (including phenoxy) is 4. The second-order valence-corrected chi connectivity index (χ2v) is 20.5. The lowest BCUT2D eigenvalue weighted by Gasteiger charge is -2.43. The summed E-state index contributed by atoms with van der Waals surface area (Å²) < 4.78 is 27.2. The molecule has 292 valence electrons. The molecule has 0 spiro atoms. The molecule has 0 N–H and O–H groups in total. The second-order valence-electron chi connectivity index (χ2n) is 18.5. The van der Waals surface area contributed by atoms with Gasteiger partial charge in [0.25, 0.3) is 6.71 Å². The van der Waals surface area contributed by atoms with Crippen LogP contribution in [0.4, 0.5) is 32.8 Å². The highest BCUT2D eigenvalue weighted by molar-refractivity contribution is 7.29. The van der Waals surface area contributed by atoms with Gasteiger partial charge in [-0.3, -0.25) is 0 Å². The number of anilines is 6. The monoisotopic (exact) mass is 802 g/mol. The summed E-state index contributed by atoms with van der Waals surface area (Å²) in [6.45, 7) is 20.7. The summed E-state index contributed by atoms with van der Waals surface area (Å²) in [7, 11) is 0. The van der Waals surface area contributed by atoms with E-state index in [1.807, 2.05) is 22.7 Å². The van der Waals surface area contributed by atoms with Gasteiger partial charge in [0.1, 0.15) is 26.4 Å². The Balaban J connectivity index is 1.29. The Morgan fingerprint density at radius 1 is 0.517 bits per heavy atom. The first-order chi connectivity index (χ1) is 27.8. The van der Waals surface area contributed by atoms with Crippen molar-refractivity contribution < 1.29 is 18.9 Å². The summed E-state index contributed by atoms with van der Waals surface area (Å²) in [5.41, 5.74) is 12.6. The Morgan fingerprint density at radius 2 is 0.948 bits per heavy atom. The van der Waals surface area contributed by atoms with Crippen molar-refractivity contribution in [2.45, 2.75) is 72.1 Å². The van der Waals surface area contributed by atoms with Gasteiger partial charge < -0.3 is 28.7 Å². The molecule has 0 unspecified atom stereocenters. The average Bonchev–Trinajstić information content (AvgIpc) is 3.78. The standard InChI is InChI=1S/C49H47BN2O4S2/c1-27(2)28-21-35-45-36(22-28)52(32-12-14-38-40(26-32)56-20-18-54-38)47-44(34-24-30(49(6,7)8)10-16-42(34)58-47)50(45)43-33-23-29(48(3,4)5)9-15-41(33)57-46(43)51(35)31-11-13-37-39(25-31)55-19-17-53-37/h9-16,21-27H,17-20H2,1-8H3. The van der Waals surface area contributed by atoms with Crippen LogP contribution < -0.4 is 45.1 Å². The van der Waals surface area contributed by atoms with Crippen molar-refractivity contribution in [2.75, 3.05) is 36.2 Å². The van der Waals surface area contributed by atoms with E-state index in [0.717, 1.165) is 34.4 Å². The Hall–Kier alpha value is -5.12. The van der Waals surface area contributed by atoms with Crippen LogP contribution in [-0.2, 0) is 10.8 Å². The van der Waals surface area contributed by atoms with Gasteiger partial charge in [0.15, 0.2) is 23.0 Å². The van der Waals surface area contributed by atoms with E-state index in [2.05, 4.69) is 150 Å². The molecule has 11 rings (SSSR count). The summed E-state index contributed by atoms with van der Waals surface area (Å²) in [5, 5.41) is 5.17. The SMILES string of the molecule is CC(C)c1cc2c3c(c1)N(c1ccc4c(c1)OCCO4)c1sc4ccc(C(C)(C)C)cc4c1B3c1c(sc3ccc(C(C)(C)C)cc13)N2c1ccc2c(c1)OCCO2. The molecule has 2 aromatic heterocycles. The van der Waals surface area contributed by atoms with Gasteiger partial charge in [0.2, 0.25) is 0 Å². The van der Waals surface area contributed by atoms with Gasteiger partial charge in [-0.2, -0.15) is 0 Å². The molecule has 0 amide bonds. The third kappa shape index (κ3) is 5.42. The number of fused-ring (bicyclic) bond motifs is 10. The molecular weight excluding hydrogens is 755 g/mol. The van der Waals surface area contributed by atoms with E-state index in [4.69, 9.17) is 18.9 Å². The fourth-order valence-electron chi connectivity index (χ4n) is 9.18. The molecular formula is C49H47BN2O4S2. The van der Waals surface area contributed by atoms with Crippen LogP contribution in [0.15, 0.2) is 84.9 Å². The first-order valence-electron chi connectivity index (χ1n) is 20.5. The molecule has 9 heteroatoms. The first kappa shape index (κ1) is 36.0. The number of nitrogens with zero attached hydrogens (tertiary/aromatic N) is 2. The van der Waals surface area contributed by atoms with Crippen molar-refractivity contribution in [1.29, 1.82) is 0 Å². The van der Waals surface area contributed by atoms with Crippen molar-refractivity contribution in [3.63, 3.8) is 0 Å². The van der Waals surface area contributed by atoms with Gasteiger partial charge in [-0.1, -0.05) is 79.7 Å². The van der Waals surface area contributed by atoms with Crippen molar-refractivity contribution in [3.05, 3.63) is 102 Å². The largest absolute Gasteiger partial charge is 0.486 e. The van der Waals surface area contributed by atoms with Crippen LogP contribution in [0.1, 0.15) is 78.0 Å². The number of hydrogen-bond donors (Lipinski definition) is 0. The Kier molecular flexibility index (Phi) is 7.88. The van der Waals surface area contributed by atoms with Gasteiger partial charge in [0, 0.05) is 32.9 Å². The molecule has 7 aromatic rings. The average molecular weight is 803 g/mol. The summed E-state index contributed by atoms with van der Waals surface area (Å²) >= 11 is 3.80. The lowest BCUT2D eigenvalue weighted by atomic mass is 9.33. The number of thiophene rings is 2. The Bertz CT molecular complexity index is 2660. The minimum Gasteiger partial charge on any atom is -0.486 e. The molecule has 0 aliphatic carbocycles. The third-order valence-electron chi connectivity index (χ3n) is 12.3. The molecule has 0 saturated carbocycles. The Labute approximate surface area is 349 Å². The normalized spacial score (nSPS) is 15.6. The zero-order chi connectivity index (χ0) is 39.8. The van der Waals surface area contributed by atoms with E-state index in [1.54, 1.807) is 0 Å². The molecule has 6 nitrogen and oxygen atoms in total. The third-order valence-corrected chi connectivity index (χ3v) is 14.6. The summed E-state index contributed by atoms with van der Waals surface area (Å²) in [6, 6.07) is 32.2. The van der Waals surface area contributed by atoms with Crippen LogP contribution in [0.2, 0.25) is 0 Å². The topological polar surface area (TPSA) is 43.4 Å². The smallest absolute Gasteiger partial charge is 0.256 e. The summed E-state index contributed by atoms with van der Waals surface area (Å²) in [6.07, 6.45) is 0. The minimum atomic E-state index is -0.00827. The second kappa shape index (κ2) is 12.7. The first-order valence-corrected chi connectivity index (χ1v) is 22.2. The minimum absolute atomic E-state index is 0.00806. The van der Waals surface area contributed by atoms with E-state index in [1.165, 1.54) is 74.6 Å². The molecule has 6 heterocycles. The molecule has 0 bridgehead atoms. The fraction of sp³-hybridized carbons (Fsp3) is 0.306. The van der Waals surface area contributed by atoms with E-state index in [9.17, 15) is 0 Å². The summed E-state index contributed by atoms with van der Waals surface area (Å²) in [4.78, 5) is 5.05. The van der Waals surface area contributed by atoms with Gasteiger partial charge in [0.05, 0.1) is 21.4 Å². The van der Waals surface area contributed by atoms with Crippen LogP contribution >= 0.6 is 22.7 Å². The number of benzene rings is 5. The van der Waals surface area contributed by atoms with Gasteiger partial charge in [-0.15, -0.1) is 22.7 Å². The summed E-state index contributed by atoms with van der Waals surface area (Å²) in [5.74, 6) is 3.46. The number of rotatable bonds is 3. The quantitative estimate of drug-likeness (QED) is 0.166. The maximum atomic E-state index is 6.25. The highest BCUT2D eigenvalue weighted by Gasteiger charge is 2.47. The van der Waals surface area contributed by atoms with Crippen LogP contribution in [0.5, 0.6) is 23.0 Å². The fourth-order valence-corrected chi connectivity index (χ4v) is 11.7. The van der Waals surface area contributed by atoms with Gasteiger partial charge >= 0.3 is 0 Å². The zero-order valence-electron chi connectivity index (χ0n) is 34.4. The van der Waals surface area contributed by atoms with Crippen LogP contribution in [0.25, 0.3) is 20.2 Å². The van der Waals surface area contributed by atoms with Crippen LogP contribution in [0, 0.1) is 0 Å². The molecule has 0 fully saturated rings. The van der Waals surface area contributed by atoms with Crippen LogP contribution in [0.3, 0.4) is 0 Å². The maximum absolute atomic E-state index is 6.25. The molecule has 0 saturated heterocycles. The van der Waals surface area contributed by atoms with E-state index >= 15 is 0 Å². The van der Waals surface area contributed by atoms with E-state index in [-0.39, 0.29) is 17.5 Å². The zero-order valence-corrected chi connectivity index (χ0v) is 36.0. The predicted molar refractivity (Wildman–Crippen MR) is 245 cm³/mol. The van der Waals surface area contributed by atoms with Crippen molar-refractivity contribution in [3.8, 4) is 23.0 Å². The molecule has 0 radical (unpaired) electrons. The number of hydrogen-bond acceptors (Lipinski definition) is 8. The molecule has 4 aliphatic rings. The Morgan fingerprint density at radius 3 is 1.36 bits per heavy atom. The lowest BCUT2D eigenvalue weighted by Crippen LogP contribution is -2.60.